The van der Waals surface area contributed by atoms with Gasteiger partial charge in [-0.2, -0.15) is 0 Å². The number of rotatable bonds is 9. The van der Waals surface area contributed by atoms with Crippen LogP contribution in [0, 0.1) is 0 Å². The van der Waals surface area contributed by atoms with Crippen LogP contribution in [0.5, 0.6) is 5.75 Å². The number of thiophene rings is 1. The summed E-state index contributed by atoms with van der Waals surface area (Å²) in [6.07, 6.45) is 0. The van der Waals surface area contributed by atoms with E-state index >= 15 is 0 Å². The van der Waals surface area contributed by atoms with Crippen molar-refractivity contribution in [2.24, 2.45) is 0 Å². The van der Waals surface area contributed by atoms with Crippen LogP contribution in [0.4, 0.5) is 5.69 Å². The minimum Gasteiger partial charge on any atom is -0.497 e. The molecular weight excluding hydrogens is 350 g/mol. The average Bonchev–Trinajstić information content (AvgIpc) is 3.14. The van der Waals surface area contributed by atoms with Crippen molar-refractivity contribution < 1.29 is 4.74 Å². The smallest absolute Gasteiger partial charge is 0.173 e. The molecule has 1 heterocycles. The second kappa shape index (κ2) is 10.4. The van der Waals surface area contributed by atoms with Crippen molar-refractivity contribution >= 4 is 34.4 Å². The van der Waals surface area contributed by atoms with Crippen molar-refractivity contribution in [2.45, 2.75) is 20.4 Å². The molecule has 0 atom stereocenters. The van der Waals surface area contributed by atoms with Gasteiger partial charge in [-0.05, 0) is 48.9 Å². The molecule has 2 rings (SSSR count). The summed E-state index contributed by atoms with van der Waals surface area (Å²) in [7, 11) is 1.67. The Labute approximate surface area is 160 Å². The Hall–Kier alpha value is -1.63. The van der Waals surface area contributed by atoms with Gasteiger partial charge >= 0.3 is 0 Å². The van der Waals surface area contributed by atoms with E-state index in [4.69, 9.17) is 17.0 Å². The lowest BCUT2D eigenvalue weighted by atomic mass is 10.3. The molecule has 0 aliphatic carbocycles. The van der Waals surface area contributed by atoms with Crippen LogP contribution in [0.2, 0.25) is 0 Å². The third-order valence-corrected chi connectivity index (χ3v) is 5.34. The predicted molar refractivity (Wildman–Crippen MR) is 112 cm³/mol. The van der Waals surface area contributed by atoms with Crippen molar-refractivity contribution in [2.75, 3.05) is 38.6 Å². The van der Waals surface area contributed by atoms with Crippen molar-refractivity contribution in [3.63, 3.8) is 0 Å². The molecule has 136 valence electrons. The Balaban J connectivity index is 2.05. The number of methoxy groups -OCH3 is 1. The first-order valence-corrected chi connectivity index (χ1v) is 9.89. The van der Waals surface area contributed by atoms with E-state index in [1.165, 1.54) is 4.88 Å². The summed E-state index contributed by atoms with van der Waals surface area (Å²) in [5, 5.41) is 6.20. The van der Waals surface area contributed by atoms with Gasteiger partial charge in [0.05, 0.1) is 13.7 Å². The zero-order chi connectivity index (χ0) is 18.1. The van der Waals surface area contributed by atoms with E-state index in [0.29, 0.717) is 0 Å². The number of nitrogens with zero attached hydrogens (tertiary/aromatic N) is 2. The second-order valence-electron chi connectivity index (χ2n) is 5.69. The van der Waals surface area contributed by atoms with E-state index in [9.17, 15) is 0 Å². The molecular formula is C19H27N3OS2. The van der Waals surface area contributed by atoms with Crippen molar-refractivity contribution in [3.05, 3.63) is 46.7 Å². The van der Waals surface area contributed by atoms with E-state index in [2.05, 4.69) is 46.5 Å². The van der Waals surface area contributed by atoms with Gasteiger partial charge in [-0.1, -0.05) is 26.0 Å². The molecule has 1 N–H and O–H groups in total. The molecule has 2 aromatic rings. The lowest BCUT2D eigenvalue weighted by Gasteiger charge is -2.28. The number of hydrogen-bond donors (Lipinski definition) is 1. The summed E-state index contributed by atoms with van der Waals surface area (Å²) in [5.41, 5.74) is 0.948. The maximum absolute atomic E-state index is 5.69. The van der Waals surface area contributed by atoms with Crippen LogP contribution in [0.25, 0.3) is 0 Å². The predicted octanol–water partition coefficient (Wildman–Crippen LogP) is 4.30. The molecule has 0 aliphatic heterocycles. The highest BCUT2D eigenvalue weighted by Crippen LogP contribution is 2.18. The normalized spacial score (nSPS) is 10.7. The van der Waals surface area contributed by atoms with E-state index < -0.39 is 0 Å². The molecule has 0 fully saturated rings. The molecule has 0 radical (unpaired) electrons. The molecule has 0 spiro atoms. The van der Waals surface area contributed by atoms with Crippen molar-refractivity contribution in [3.8, 4) is 5.75 Å². The molecule has 4 nitrogen and oxygen atoms in total. The first-order valence-electron chi connectivity index (χ1n) is 8.61. The zero-order valence-electron chi connectivity index (χ0n) is 15.2. The Morgan fingerprint density at radius 2 is 1.96 bits per heavy atom. The van der Waals surface area contributed by atoms with Crippen LogP contribution in [0.3, 0.4) is 0 Å². The van der Waals surface area contributed by atoms with Gasteiger partial charge in [-0.15, -0.1) is 11.3 Å². The number of hydrogen-bond acceptors (Lipinski definition) is 4. The minimum atomic E-state index is 0.744. The van der Waals surface area contributed by atoms with Gasteiger partial charge in [-0.3, -0.25) is 0 Å². The largest absolute Gasteiger partial charge is 0.497 e. The quantitative estimate of drug-likeness (QED) is 0.658. The summed E-state index contributed by atoms with van der Waals surface area (Å²) < 4.78 is 5.29. The molecule has 0 bridgehead atoms. The summed E-state index contributed by atoms with van der Waals surface area (Å²) in [5.74, 6) is 0.820. The summed E-state index contributed by atoms with van der Waals surface area (Å²) in [4.78, 5) is 5.96. The molecule has 6 heteroatoms. The summed E-state index contributed by atoms with van der Waals surface area (Å²) >= 11 is 7.46. The molecule has 0 saturated heterocycles. The lowest BCUT2D eigenvalue weighted by molar-refractivity contribution is 0.267. The Morgan fingerprint density at radius 3 is 2.60 bits per heavy atom. The Bertz CT molecular complexity index is 642. The van der Waals surface area contributed by atoms with E-state index in [1.807, 2.05) is 24.3 Å². The molecule has 0 saturated carbocycles. The van der Waals surface area contributed by atoms with E-state index in [-0.39, 0.29) is 0 Å². The monoisotopic (exact) mass is 377 g/mol. The topological polar surface area (TPSA) is 27.7 Å². The molecule has 1 aromatic carbocycles. The molecule has 25 heavy (non-hydrogen) atoms. The van der Waals surface area contributed by atoms with Crippen molar-refractivity contribution in [1.82, 2.24) is 9.80 Å². The number of benzene rings is 1. The van der Waals surface area contributed by atoms with Crippen LogP contribution < -0.4 is 10.1 Å². The van der Waals surface area contributed by atoms with Gasteiger partial charge in [0, 0.05) is 29.7 Å². The highest BCUT2D eigenvalue weighted by molar-refractivity contribution is 7.80. The fraction of sp³-hybridized carbons (Fsp3) is 0.421. The number of likely N-dealkylation sites (N-methyl/N-ethyl adjacent to an activating group) is 1. The lowest BCUT2D eigenvalue weighted by Crippen LogP contribution is -2.40. The van der Waals surface area contributed by atoms with Gasteiger partial charge in [0.25, 0.3) is 0 Å². The van der Waals surface area contributed by atoms with Crippen LogP contribution in [-0.4, -0.2) is 48.2 Å². The van der Waals surface area contributed by atoms with E-state index in [0.717, 1.165) is 49.3 Å². The summed E-state index contributed by atoms with van der Waals surface area (Å²) in [6.45, 7) is 9.22. The van der Waals surface area contributed by atoms with Crippen LogP contribution >= 0.6 is 23.6 Å². The molecule has 1 aromatic heterocycles. The summed E-state index contributed by atoms with van der Waals surface area (Å²) in [6, 6.07) is 12.1. The van der Waals surface area contributed by atoms with E-state index in [1.54, 1.807) is 18.4 Å². The fourth-order valence-electron chi connectivity index (χ4n) is 2.55. The van der Waals surface area contributed by atoms with Gasteiger partial charge in [0.15, 0.2) is 5.11 Å². The third-order valence-electron chi connectivity index (χ3n) is 4.12. The highest BCUT2D eigenvalue weighted by atomic mass is 32.1. The maximum Gasteiger partial charge on any atom is 0.173 e. The number of ether oxygens (including phenoxy) is 1. The first kappa shape index (κ1) is 19.7. The molecule has 0 unspecified atom stereocenters. The standard InChI is InChI=1S/C19H27N3OS2/c1-4-21(5-2)11-12-22(15-18-10-7-13-25-18)19(24)20-16-8-6-9-17(14-16)23-3/h6-10,13-14H,4-5,11-12,15H2,1-3H3,(H,20,24). The maximum atomic E-state index is 5.69. The second-order valence-corrected chi connectivity index (χ2v) is 7.11. The fourth-order valence-corrected chi connectivity index (χ4v) is 3.54. The van der Waals surface area contributed by atoms with Crippen LogP contribution in [-0.2, 0) is 6.54 Å². The van der Waals surface area contributed by atoms with Gasteiger partial charge < -0.3 is 19.9 Å². The van der Waals surface area contributed by atoms with Gasteiger partial charge in [0.1, 0.15) is 5.75 Å². The number of thiocarbonyl (C=S) groups is 1. The zero-order valence-corrected chi connectivity index (χ0v) is 16.8. The van der Waals surface area contributed by atoms with Crippen LogP contribution in [0.1, 0.15) is 18.7 Å². The Morgan fingerprint density at radius 1 is 1.16 bits per heavy atom. The van der Waals surface area contributed by atoms with Crippen LogP contribution in [0.15, 0.2) is 41.8 Å². The number of nitrogens with one attached hydrogen (secondary N) is 1. The molecule has 0 aliphatic rings. The number of anilines is 1. The highest BCUT2D eigenvalue weighted by Gasteiger charge is 2.13. The van der Waals surface area contributed by atoms with Crippen molar-refractivity contribution in [1.29, 1.82) is 0 Å². The third kappa shape index (κ3) is 6.30. The van der Waals surface area contributed by atoms with Gasteiger partial charge in [0.2, 0.25) is 0 Å². The SMILES string of the molecule is CCN(CC)CCN(Cc1cccs1)C(=S)Nc1cccc(OC)c1. The molecule has 0 amide bonds. The first-order chi connectivity index (χ1) is 12.2. The minimum absolute atomic E-state index is 0.744. The van der Waals surface area contributed by atoms with Gasteiger partial charge in [-0.25, -0.2) is 0 Å². The average molecular weight is 378 g/mol. The Kier molecular flexibility index (Phi) is 8.18.